The zero-order valence-electron chi connectivity index (χ0n) is 17.6. The van der Waals surface area contributed by atoms with Crippen LogP contribution in [0, 0.1) is 10.1 Å². The lowest BCUT2D eigenvalue weighted by Gasteiger charge is -2.25. The molecule has 1 atom stereocenters. The molecule has 2 aromatic rings. The Labute approximate surface area is 184 Å². The van der Waals surface area contributed by atoms with Gasteiger partial charge in [0.1, 0.15) is 5.76 Å². The molecule has 2 aromatic carbocycles. The smallest absolute Gasteiger partial charge is 0.295 e. The van der Waals surface area contributed by atoms with Gasteiger partial charge in [-0.25, -0.2) is 0 Å². The number of ether oxygens (including phenoxy) is 1. The van der Waals surface area contributed by atoms with E-state index in [1.807, 2.05) is 19.1 Å². The van der Waals surface area contributed by atoms with Crippen LogP contribution in [0.15, 0.2) is 54.1 Å². The Balaban J connectivity index is 2.09. The fourth-order valence-electron chi connectivity index (χ4n) is 3.64. The van der Waals surface area contributed by atoms with Crippen molar-refractivity contribution in [3.05, 3.63) is 80.9 Å². The van der Waals surface area contributed by atoms with Gasteiger partial charge in [0.05, 0.1) is 36.4 Å². The summed E-state index contributed by atoms with van der Waals surface area (Å²) >= 11 is 0. The zero-order valence-corrected chi connectivity index (χ0v) is 17.6. The molecule has 1 aliphatic heterocycles. The summed E-state index contributed by atoms with van der Waals surface area (Å²) < 4.78 is 5.26. The van der Waals surface area contributed by atoms with Crippen molar-refractivity contribution >= 4 is 23.1 Å². The van der Waals surface area contributed by atoms with Crippen molar-refractivity contribution in [1.29, 1.82) is 0 Å². The molecule has 168 valence electrons. The Hall–Kier alpha value is -3.56. The Bertz CT molecular complexity index is 1050. The van der Waals surface area contributed by atoms with Crippen LogP contribution in [0.3, 0.4) is 0 Å². The number of carbonyl (C=O) groups excluding carboxylic acids is 2. The summed E-state index contributed by atoms with van der Waals surface area (Å²) in [6, 6.07) is 11.7. The van der Waals surface area contributed by atoms with Gasteiger partial charge in [-0.2, -0.15) is 0 Å². The molecule has 0 aliphatic carbocycles. The quantitative estimate of drug-likeness (QED) is 0.153. The second kappa shape index (κ2) is 10.2. The van der Waals surface area contributed by atoms with Gasteiger partial charge in [0, 0.05) is 24.2 Å². The topological polar surface area (TPSA) is 130 Å². The predicted molar refractivity (Wildman–Crippen MR) is 116 cm³/mol. The highest BCUT2D eigenvalue weighted by atomic mass is 16.6. The molecular formula is C23H24N2O7. The maximum Gasteiger partial charge on any atom is 0.295 e. The number of rotatable bonds is 9. The molecular weight excluding hydrogens is 416 g/mol. The lowest BCUT2D eigenvalue weighted by Crippen LogP contribution is -2.33. The summed E-state index contributed by atoms with van der Waals surface area (Å²) in [5, 5.41) is 31.0. The number of amides is 1. The second-order valence-electron chi connectivity index (χ2n) is 7.23. The highest BCUT2D eigenvalue weighted by molar-refractivity contribution is 6.46. The van der Waals surface area contributed by atoms with Gasteiger partial charge in [-0.3, -0.25) is 19.7 Å². The van der Waals surface area contributed by atoms with E-state index in [-0.39, 0.29) is 43.2 Å². The van der Waals surface area contributed by atoms with E-state index < -0.39 is 28.4 Å². The SMILES string of the molecule is CCc1ccc([C@H]2/C(=C(\O)c3cccc([N+](=O)[O-])c3)C(=O)C(=O)N2CCOCCO)cc1. The zero-order chi connectivity index (χ0) is 23.3. The number of aliphatic hydroxyl groups is 2. The van der Waals surface area contributed by atoms with Gasteiger partial charge in [-0.15, -0.1) is 0 Å². The van der Waals surface area contributed by atoms with Crippen LogP contribution in [0.25, 0.3) is 5.76 Å². The maximum atomic E-state index is 12.9. The summed E-state index contributed by atoms with van der Waals surface area (Å²) in [5.41, 5.74) is 1.38. The third kappa shape index (κ3) is 4.68. The number of non-ortho nitro benzene ring substituents is 1. The number of carbonyl (C=O) groups is 2. The van der Waals surface area contributed by atoms with E-state index in [0.717, 1.165) is 18.1 Å². The molecule has 3 rings (SSSR count). The molecule has 0 radical (unpaired) electrons. The molecule has 0 saturated carbocycles. The van der Waals surface area contributed by atoms with E-state index in [2.05, 4.69) is 0 Å². The number of likely N-dealkylation sites (tertiary alicyclic amines) is 1. The molecule has 0 aromatic heterocycles. The molecule has 1 fully saturated rings. The minimum absolute atomic E-state index is 0.0660. The number of nitrogens with zero attached hydrogens (tertiary/aromatic N) is 2. The van der Waals surface area contributed by atoms with Crippen molar-refractivity contribution in [2.45, 2.75) is 19.4 Å². The number of aliphatic hydroxyl groups excluding tert-OH is 2. The Kier molecular flexibility index (Phi) is 7.34. The predicted octanol–water partition coefficient (Wildman–Crippen LogP) is 2.59. The molecule has 0 unspecified atom stereocenters. The molecule has 0 bridgehead atoms. The number of hydrogen-bond donors (Lipinski definition) is 2. The normalized spacial score (nSPS) is 17.7. The first-order chi connectivity index (χ1) is 15.4. The number of aryl methyl sites for hydroxylation is 1. The van der Waals surface area contributed by atoms with Crippen LogP contribution in [0.5, 0.6) is 0 Å². The third-order valence-electron chi connectivity index (χ3n) is 5.29. The fourth-order valence-corrected chi connectivity index (χ4v) is 3.64. The lowest BCUT2D eigenvalue weighted by atomic mass is 9.94. The molecule has 1 amide bonds. The van der Waals surface area contributed by atoms with E-state index in [1.165, 1.54) is 23.1 Å². The summed E-state index contributed by atoms with van der Waals surface area (Å²) in [5.74, 6) is -2.15. The second-order valence-corrected chi connectivity index (χ2v) is 7.23. The monoisotopic (exact) mass is 440 g/mol. The van der Waals surface area contributed by atoms with Crippen molar-refractivity contribution in [1.82, 2.24) is 4.90 Å². The minimum atomic E-state index is -0.877. The van der Waals surface area contributed by atoms with Crippen molar-refractivity contribution < 1.29 is 29.5 Å². The van der Waals surface area contributed by atoms with Crippen LogP contribution in [0.4, 0.5) is 5.69 Å². The van der Waals surface area contributed by atoms with Gasteiger partial charge in [-0.1, -0.05) is 43.3 Å². The van der Waals surface area contributed by atoms with Crippen molar-refractivity contribution in [2.24, 2.45) is 0 Å². The minimum Gasteiger partial charge on any atom is -0.507 e. The Morgan fingerprint density at radius 2 is 1.88 bits per heavy atom. The van der Waals surface area contributed by atoms with Crippen LogP contribution in [-0.2, 0) is 20.7 Å². The molecule has 1 aliphatic rings. The highest BCUT2D eigenvalue weighted by Crippen LogP contribution is 2.39. The number of ketones is 1. The standard InChI is InChI=1S/C23H24N2O7/c1-2-15-6-8-16(9-7-15)20-19(21(27)17-4-3-5-18(14-17)25(30)31)22(28)23(29)24(20)10-12-32-13-11-26/h3-9,14,20,26-27H,2,10-13H2,1H3/b21-19+/t20-/m0/s1. The molecule has 32 heavy (non-hydrogen) atoms. The number of nitro groups is 1. The third-order valence-corrected chi connectivity index (χ3v) is 5.29. The van der Waals surface area contributed by atoms with E-state index in [4.69, 9.17) is 9.84 Å². The fraction of sp³-hybridized carbons (Fsp3) is 0.304. The molecule has 9 heteroatoms. The van der Waals surface area contributed by atoms with Crippen LogP contribution in [0.1, 0.15) is 29.7 Å². The van der Waals surface area contributed by atoms with Crippen LogP contribution >= 0.6 is 0 Å². The van der Waals surface area contributed by atoms with Crippen LogP contribution in [-0.4, -0.2) is 58.1 Å². The highest BCUT2D eigenvalue weighted by Gasteiger charge is 2.45. The van der Waals surface area contributed by atoms with Crippen molar-refractivity contribution in [3.8, 4) is 0 Å². The van der Waals surface area contributed by atoms with Gasteiger partial charge in [0.15, 0.2) is 0 Å². The number of nitro benzene ring substituents is 1. The van der Waals surface area contributed by atoms with Crippen molar-refractivity contribution in [2.75, 3.05) is 26.4 Å². The van der Waals surface area contributed by atoms with Crippen molar-refractivity contribution in [3.63, 3.8) is 0 Å². The van der Waals surface area contributed by atoms with E-state index in [1.54, 1.807) is 12.1 Å². The Morgan fingerprint density at radius 3 is 2.50 bits per heavy atom. The maximum absolute atomic E-state index is 12.9. The summed E-state index contributed by atoms with van der Waals surface area (Å²) in [7, 11) is 0. The van der Waals surface area contributed by atoms with Crippen LogP contribution < -0.4 is 0 Å². The molecule has 1 heterocycles. The number of Topliss-reactive ketones (excluding diaryl/α,β-unsaturated/α-hetero) is 1. The van der Waals surface area contributed by atoms with Gasteiger partial charge in [-0.05, 0) is 17.5 Å². The molecule has 2 N–H and O–H groups in total. The van der Waals surface area contributed by atoms with Gasteiger partial charge in [0.2, 0.25) is 0 Å². The lowest BCUT2D eigenvalue weighted by molar-refractivity contribution is -0.384. The summed E-state index contributed by atoms with van der Waals surface area (Å²) in [6.07, 6.45) is 0.809. The first-order valence-corrected chi connectivity index (χ1v) is 10.2. The van der Waals surface area contributed by atoms with E-state index in [9.17, 15) is 24.8 Å². The van der Waals surface area contributed by atoms with E-state index >= 15 is 0 Å². The van der Waals surface area contributed by atoms with Gasteiger partial charge in [0.25, 0.3) is 17.4 Å². The molecule has 9 nitrogen and oxygen atoms in total. The number of hydrogen-bond acceptors (Lipinski definition) is 7. The molecule has 0 spiro atoms. The summed E-state index contributed by atoms with van der Waals surface area (Å²) in [4.78, 5) is 37.6. The van der Waals surface area contributed by atoms with Crippen LogP contribution in [0.2, 0.25) is 0 Å². The first-order valence-electron chi connectivity index (χ1n) is 10.2. The summed E-state index contributed by atoms with van der Waals surface area (Å²) in [6.45, 7) is 2.08. The van der Waals surface area contributed by atoms with Gasteiger partial charge < -0.3 is 19.8 Å². The van der Waals surface area contributed by atoms with Gasteiger partial charge >= 0.3 is 0 Å². The number of benzene rings is 2. The first kappa shape index (κ1) is 23.1. The largest absolute Gasteiger partial charge is 0.507 e. The van der Waals surface area contributed by atoms with E-state index in [0.29, 0.717) is 5.56 Å². The Morgan fingerprint density at radius 1 is 1.16 bits per heavy atom. The average molecular weight is 440 g/mol. The average Bonchev–Trinajstić information content (AvgIpc) is 3.06. The molecule has 1 saturated heterocycles.